The predicted octanol–water partition coefficient (Wildman–Crippen LogP) is 1.87. The van der Waals surface area contributed by atoms with Gasteiger partial charge in [-0.2, -0.15) is 0 Å². The molecule has 5 heteroatoms. The highest BCUT2D eigenvalue weighted by atomic mass is 16.3. The number of nitrogens with zero attached hydrogens (tertiary/aromatic N) is 3. The number of aromatic nitrogens is 2. The first-order valence-corrected chi connectivity index (χ1v) is 7.94. The molecule has 1 fully saturated rings. The number of fused-ring (bicyclic) bond motifs is 1. The van der Waals surface area contributed by atoms with Crippen LogP contribution in [0.1, 0.15) is 38.1 Å². The van der Waals surface area contributed by atoms with Gasteiger partial charge in [-0.1, -0.05) is 6.07 Å². The van der Waals surface area contributed by atoms with Gasteiger partial charge in [-0.3, -0.25) is 9.88 Å². The third kappa shape index (κ3) is 2.97. The zero-order valence-corrected chi connectivity index (χ0v) is 13.5. The van der Waals surface area contributed by atoms with E-state index in [-0.39, 0.29) is 6.61 Å². The van der Waals surface area contributed by atoms with Crippen LogP contribution in [-0.2, 0) is 6.61 Å². The fraction of sp³-hybridized carbons (Fsp3) is 0.529. The zero-order valence-electron chi connectivity index (χ0n) is 13.5. The van der Waals surface area contributed by atoms with E-state index in [9.17, 15) is 5.11 Å². The molecule has 1 aromatic heterocycles. The van der Waals surface area contributed by atoms with Crippen molar-refractivity contribution in [2.45, 2.75) is 45.5 Å². The summed E-state index contributed by atoms with van der Waals surface area (Å²) in [6, 6.07) is 7.62. The van der Waals surface area contributed by atoms with Crippen molar-refractivity contribution in [3.05, 3.63) is 35.7 Å². The van der Waals surface area contributed by atoms with Crippen molar-refractivity contribution in [1.82, 2.24) is 20.2 Å². The van der Waals surface area contributed by atoms with Gasteiger partial charge in [0.1, 0.15) is 0 Å². The monoisotopic (exact) mass is 300 g/mol. The van der Waals surface area contributed by atoms with Crippen molar-refractivity contribution in [1.29, 1.82) is 0 Å². The minimum Gasteiger partial charge on any atom is -0.390 e. The average Bonchev–Trinajstić information content (AvgIpc) is 2.55. The Bertz CT molecular complexity index is 660. The Labute approximate surface area is 131 Å². The Morgan fingerprint density at radius 3 is 2.95 bits per heavy atom. The summed E-state index contributed by atoms with van der Waals surface area (Å²) in [5.41, 5.74) is 3.58. The van der Waals surface area contributed by atoms with Gasteiger partial charge >= 0.3 is 0 Å². The summed E-state index contributed by atoms with van der Waals surface area (Å²) in [6.07, 6.45) is 1.63. The molecule has 3 atom stereocenters. The van der Waals surface area contributed by atoms with Crippen LogP contribution >= 0.6 is 0 Å². The number of aliphatic hydroxyl groups excluding tert-OH is 1. The summed E-state index contributed by atoms with van der Waals surface area (Å²) in [6.45, 7) is 8.73. The summed E-state index contributed by atoms with van der Waals surface area (Å²) in [7, 11) is 0. The van der Waals surface area contributed by atoms with Crippen LogP contribution in [0, 0.1) is 0 Å². The molecule has 2 N–H and O–H groups in total. The topological polar surface area (TPSA) is 61.3 Å². The van der Waals surface area contributed by atoms with Crippen molar-refractivity contribution in [2.24, 2.45) is 0 Å². The molecule has 1 aromatic carbocycles. The van der Waals surface area contributed by atoms with Gasteiger partial charge in [0.25, 0.3) is 0 Å². The van der Waals surface area contributed by atoms with E-state index in [1.54, 1.807) is 6.20 Å². The maximum absolute atomic E-state index is 9.23. The molecule has 1 aliphatic heterocycles. The Morgan fingerprint density at radius 1 is 1.36 bits per heavy atom. The molecular formula is C17H24N4O. The van der Waals surface area contributed by atoms with Gasteiger partial charge in [0, 0.05) is 31.2 Å². The van der Waals surface area contributed by atoms with Crippen LogP contribution in [0.2, 0.25) is 0 Å². The van der Waals surface area contributed by atoms with Gasteiger partial charge in [0.15, 0.2) is 0 Å². The fourth-order valence-electron chi connectivity index (χ4n) is 3.18. The Morgan fingerprint density at radius 2 is 2.18 bits per heavy atom. The number of rotatable bonds is 3. The van der Waals surface area contributed by atoms with Gasteiger partial charge in [0.05, 0.1) is 29.5 Å². The van der Waals surface area contributed by atoms with Crippen molar-refractivity contribution >= 4 is 11.0 Å². The van der Waals surface area contributed by atoms with Crippen LogP contribution in [-0.4, -0.2) is 45.1 Å². The van der Waals surface area contributed by atoms with Gasteiger partial charge in [-0.15, -0.1) is 0 Å². The van der Waals surface area contributed by atoms with Crippen molar-refractivity contribution in [2.75, 3.05) is 13.1 Å². The van der Waals surface area contributed by atoms with E-state index in [2.05, 4.69) is 53.1 Å². The molecule has 0 amide bonds. The zero-order chi connectivity index (χ0) is 15.7. The van der Waals surface area contributed by atoms with E-state index in [1.165, 1.54) is 5.56 Å². The first kappa shape index (κ1) is 15.3. The standard InChI is InChI=1S/C17H24N4O/c1-11-9-21(12(2)7-18-11)13(3)14-4-5-16-17(6-14)20-15(10-22)8-19-16/h4-6,8,11-13,18,22H,7,9-10H2,1-3H3/t11-,12+,13?/m0/s1. The molecule has 2 heterocycles. The third-order valence-electron chi connectivity index (χ3n) is 4.57. The van der Waals surface area contributed by atoms with E-state index < -0.39 is 0 Å². The van der Waals surface area contributed by atoms with E-state index in [1.807, 2.05) is 6.07 Å². The lowest BCUT2D eigenvalue weighted by Gasteiger charge is -2.41. The second-order valence-corrected chi connectivity index (χ2v) is 6.30. The largest absolute Gasteiger partial charge is 0.390 e. The van der Waals surface area contributed by atoms with Crippen molar-refractivity contribution in [3.63, 3.8) is 0 Å². The molecule has 5 nitrogen and oxygen atoms in total. The van der Waals surface area contributed by atoms with E-state index in [4.69, 9.17) is 0 Å². The van der Waals surface area contributed by atoms with E-state index in [0.717, 1.165) is 24.1 Å². The molecule has 3 rings (SSSR count). The van der Waals surface area contributed by atoms with Gasteiger partial charge in [-0.05, 0) is 38.5 Å². The SMILES string of the molecule is CC(c1ccc2ncc(CO)nc2c1)N1C[C@H](C)NC[C@H]1C. The normalized spacial score (nSPS) is 24.5. The molecule has 0 aliphatic carbocycles. The molecule has 1 aliphatic rings. The molecule has 1 saturated heterocycles. The lowest BCUT2D eigenvalue weighted by Crippen LogP contribution is -2.54. The summed E-state index contributed by atoms with van der Waals surface area (Å²) in [4.78, 5) is 11.4. The van der Waals surface area contributed by atoms with Gasteiger partial charge < -0.3 is 10.4 Å². The minimum absolute atomic E-state index is 0.0743. The lowest BCUT2D eigenvalue weighted by molar-refractivity contribution is 0.103. The Hall–Kier alpha value is -1.56. The maximum Gasteiger partial charge on any atom is 0.0894 e. The van der Waals surface area contributed by atoms with Crippen LogP contribution in [0.15, 0.2) is 24.4 Å². The maximum atomic E-state index is 9.23. The lowest BCUT2D eigenvalue weighted by atomic mass is 10.0. The molecule has 22 heavy (non-hydrogen) atoms. The molecule has 2 aromatic rings. The van der Waals surface area contributed by atoms with E-state index >= 15 is 0 Å². The second kappa shape index (κ2) is 6.28. The molecule has 118 valence electrons. The number of aliphatic hydroxyl groups is 1. The summed E-state index contributed by atoms with van der Waals surface area (Å²) in [5.74, 6) is 0. The predicted molar refractivity (Wildman–Crippen MR) is 87.5 cm³/mol. The van der Waals surface area contributed by atoms with Crippen LogP contribution in [0.3, 0.4) is 0 Å². The van der Waals surface area contributed by atoms with Gasteiger partial charge in [0.2, 0.25) is 0 Å². The highest BCUT2D eigenvalue weighted by Crippen LogP contribution is 2.26. The molecule has 0 saturated carbocycles. The van der Waals surface area contributed by atoms with E-state index in [0.29, 0.717) is 23.8 Å². The average molecular weight is 300 g/mol. The van der Waals surface area contributed by atoms with Crippen LogP contribution < -0.4 is 5.32 Å². The number of hydrogen-bond donors (Lipinski definition) is 2. The van der Waals surface area contributed by atoms with Crippen LogP contribution in [0.25, 0.3) is 11.0 Å². The first-order valence-electron chi connectivity index (χ1n) is 7.94. The first-order chi connectivity index (χ1) is 10.6. The summed E-state index contributed by atoms with van der Waals surface area (Å²) >= 11 is 0. The second-order valence-electron chi connectivity index (χ2n) is 6.30. The van der Waals surface area contributed by atoms with Crippen molar-refractivity contribution < 1.29 is 5.11 Å². The number of benzene rings is 1. The number of hydrogen-bond acceptors (Lipinski definition) is 5. The minimum atomic E-state index is -0.0743. The molecule has 0 spiro atoms. The highest BCUT2D eigenvalue weighted by Gasteiger charge is 2.27. The quantitative estimate of drug-likeness (QED) is 0.906. The Kier molecular flexibility index (Phi) is 4.38. The summed E-state index contributed by atoms with van der Waals surface area (Å²) < 4.78 is 0. The third-order valence-corrected chi connectivity index (χ3v) is 4.57. The summed E-state index contributed by atoms with van der Waals surface area (Å²) in [5, 5.41) is 12.7. The molecule has 0 bridgehead atoms. The number of nitrogens with one attached hydrogen (secondary N) is 1. The molecule has 0 radical (unpaired) electrons. The molecular weight excluding hydrogens is 276 g/mol. The van der Waals surface area contributed by atoms with Crippen LogP contribution in [0.4, 0.5) is 0 Å². The highest BCUT2D eigenvalue weighted by molar-refractivity contribution is 5.75. The molecule has 1 unspecified atom stereocenters. The van der Waals surface area contributed by atoms with Crippen LogP contribution in [0.5, 0.6) is 0 Å². The Balaban J connectivity index is 1.91. The van der Waals surface area contributed by atoms with Crippen molar-refractivity contribution in [3.8, 4) is 0 Å². The fourth-order valence-corrected chi connectivity index (χ4v) is 3.18. The smallest absolute Gasteiger partial charge is 0.0894 e. The van der Waals surface area contributed by atoms with Gasteiger partial charge in [-0.25, -0.2) is 4.98 Å². The number of piperazine rings is 1.